The first-order valence-electron chi connectivity index (χ1n) is 11.5. The van der Waals surface area contributed by atoms with Crippen LogP contribution in [0, 0.1) is 5.92 Å². The van der Waals surface area contributed by atoms with Crippen molar-refractivity contribution >= 4 is 23.5 Å². The van der Waals surface area contributed by atoms with E-state index in [1.807, 2.05) is 72.8 Å². The Morgan fingerprint density at radius 3 is 2.15 bits per heavy atom. The van der Waals surface area contributed by atoms with Crippen LogP contribution in [-0.2, 0) is 20.7 Å². The molecule has 0 atom stereocenters. The van der Waals surface area contributed by atoms with Crippen molar-refractivity contribution in [2.75, 3.05) is 25.0 Å². The molecule has 6 heteroatoms. The number of likely N-dealkylation sites (tertiary alicyclic amines) is 1. The Morgan fingerprint density at radius 1 is 0.824 bits per heavy atom. The summed E-state index contributed by atoms with van der Waals surface area (Å²) >= 11 is 0. The number of esters is 1. The highest BCUT2D eigenvalue weighted by Gasteiger charge is 2.28. The molecular weight excluding hydrogens is 428 g/mol. The van der Waals surface area contributed by atoms with Gasteiger partial charge in [-0.25, -0.2) is 4.79 Å². The average molecular weight is 457 g/mol. The van der Waals surface area contributed by atoms with Crippen molar-refractivity contribution in [3.63, 3.8) is 0 Å². The summed E-state index contributed by atoms with van der Waals surface area (Å²) in [5.41, 5.74) is 3.19. The summed E-state index contributed by atoms with van der Waals surface area (Å²) in [6.45, 7) is 0.626. The van der Waals surface area contributed by atoms with E-state index in [4.69, 9.17) is 4.74 Å². The fraction of sp³-hybridized carbons (Fsp3) is 0.250. The lowest BCUT2D eigenvalue weighted by molar-refractivity contribution is -0.137. The third-order valence-corrected chi connectivity index (χ3v) is 6.06. The zero-order valence-corrected chi connectivity index (χ0v) is 19.0. The second-order valence-corrected chi connectivity index (χ2v) is 8.41. The number of hydrogen-bond donors (Lipinski definition) is 1. The van der Waals surface area contributed by atoms with Crippen molar-refractivity contribution in [3.8, 4) is 0 Å². The van der Waals surface area contributed by atoms with Crippen molar-refractivity contribution in [1.29, 1.82) is 0 Å². The summed E-state index contributed by atoms with van der Waals surface area (Å²) in [6.07, 6.45) is 1.77. The molecule has 0 spiro atoms. The minimum absolute atomic E-state index is 0.0280. The summed E-state index contributed by atoms with van der Waals surface area (Å²) in [7, 11) is 0. The van der Waals surface area contributed by atoms with Gasteiger partial charge in [0.15, 0.2) is 6.61 Å². The zero-order chi connectivity index (χ0) is 23.8. The van der Waals surface area contributed by atoms with Crippen LogP contribution in [0.3, 0.4) is 0 Å². The number of piperidine rings is 1. The van der Waals surface area contributed by atoms with Crippen LogP contribution in [-0.4, -0.2) is 42.4 Å². The third-order valence-electron chi connectivity index (χ3n) is 6.06. The van der Waals surface area contributed by atoms with E-state index in [1.54, 1.807) is 17.0 Å². The van der Waals surface area contributed by atoms with Crippen LogP contribution in [0.2, 0.25) is 0 Å². The van der Waals surface area contributed by atoms with Gasteiger partial charge >= 0.3 is 5.97 Å². The fourth-order valence-electron chi connectivity index (χ4n) is 4.14. The monoisotopic (exact) mass is 456 g/mol. The van der Waals surface area contributed by atoms with Crippen molar-refractivity contribution in [2.45, 2.75) is 19.3 Å². The first-order valence-corrected chi connectivity index (χ1v) is 11.5. The molecule has 0 radical (unpaired) electrons. The Kier molecular flexibility index (Phi) is 7.71. The topological polar surface area (TPSA) is 75.7 Å². The summed E-state index contributed by atoms with van der Waals surface area (Å²) in [5, 5.41) is 2.92. The SMILES string of the molecule is O=C(OCC(=O)N1CCC(C(=O)Nc2ccccc2)CC1)c1ccccc1Cc1ccccc1. The van der Waals surface area contributed by atoms with Gasteiger partial charge in [0, 0.05) is 24.7 Å². The number of nitrogens with one attached hydrogen (secondary N) is 1. The molecule has 6 nitrogen and oxygen atoms in total. The predicted molar refractivity (Wildman–Crippen MR) is 130 cm³/mol. The number of amides is 2. The maximum absolute atomic E-state index is 12.7. The van der Waals surface area contributed by atoms with Crippen LogP contribution in [0.15, 0.2) is 84.9 Å². The van der Waals surface area contributed by atoms with E-state index in [0.29, 0.717) is 37.9 Å². The van der Waals surface area contributed by atoms with Gasteiger partial charge < -0.3 is 15.0 Å². The first kappa shape index (κ1) is 23.2. The van der Waals surface area contributed by atoms with E-state index in [1.165, 1.54) is 0 Å². The highest BCUT2D eigenvalue weighted by molar-refractivity contribution is 5.94. The van der Waals surface area contributed by atoms with Crippen molar-refractivity contribution in [2.24, 2.45) is 5.92 Å². The van der Waals surface area contributed by atoms with Gasteiger partial charge in [-0.15, -0.1) is 0 Å². The molecule has 1 fully saturated rings. The maximum atomic E-state index is 12.7. The molecule has 0 aromatic heterocycles. The van der Waals surface area contributed by atoms with Gasteiger partial charge in [0.1, 0.15) is 0 Å². The molecule has 0 aliphatic carbocycles. The first-order chi connectivity index (χ1) is 16.6. The Morgan fingerprint density at radius 2 is 1.44 bits per heavy atom. The molecule has 1 aliphatic heterocycles. The molecule has 1 saturated heterocycles. The molecule has 1 heterocycles. The molecule has 4 rings (SSSR count). The van der Waals surface area contributed by atoms with E-state index in [-0.39, 0.29) is 24.3 Å². The molecule has 3 aromatic carbocycles. The van der Waals surface area contributed by atoms with Crippen LogP contribution >= 0.6 is 0 Å². The quantitative estimate of drug-likeness (QED) is 0.538. The summed E-state index contributed by atoms with van der Waals surface area (Å²) in [5.74, 6) is -0.913. The van der Waals surface area contributed by atoms with Gasteiger partial charge in [0.05, 0.1) is 5.56 Å². The molecule has 0 saturated carbocycles. The van der Waals surface area contributed by atoms with Crippen molar-refractivity contribution < 1.29 is 19.1 Å². The average Bonchev–Trinajstić information content (AvgIpc) is 2.88. The van der Waals surface area contributed by atoms with Crippen LogP contribution < -0.4 is 5.32 Å². The van der Waals surface area contributed by atoms with Crippen molar-refractivity contribution in [1.82, 2.24) is 4.90 Å². The molecule has 1 aliphatic rings. The number of para-hydroxylation sites is 1. The van der Waals surface area contributed by atoms with Crippen LogP contribution in [0.4, 0.5) is 5.69 Å². The molecule has 0 unspecified atom stereocenters. The van der Waals surface area contributed by atoms with Gasteiger partial charge in [-0.05, 0) is 48.6 Å². The number of benzene rings is 3. The lowest BCUT2D eigenvalue weighted by Gasteiger charge is -2.31. The molecule has 174 valence electrons. The van der Waals surface area contributed by atoms with E-state index >= 15 is 0 Å². The molecular formula is C28H28N2O4. The minimum Gasteiger partial charge on any atom is -0.452 e. The molecule has 2 amide bonds. The largest absolute Gasteiger partial charge is 0.452 e. The number of rotatable bonds is 7. The molecule has 0 bridgehead atoms. The van der Waals surface area contributed by atoms with E-state index in [0.717, 1.165) is 16.8 Å². The Bertz CT molecular complexity index is 1120. The normalized spacial score (nSPS) is 13.8. The second kappa shape index (κ2) is 11.3. The lowest BCUT2D eigenvalue weighted by atomic mass is 9.95. The van der Waals surface area contributed by atoms with Gasteiger partial charge in [-0.1, -0.05) is 66.7 Å². The second-order valence-electron chi connectivity index (χ2n) is 8.41. The third kappa shape index (κ3) is 6.10. The standard InChI is InChI=1S/C28H28N2O4/c31-26(30-17-15-22(16-18-30)27(32)29-24-12-5-2-6-13-24)20-34-28(33)25-14-8-7-11-23(25)19-21-9-3-1-4-10-21/h1-14,22H,15-20H2,(H,29,32). The van der Waals surface area contributed by atoms with E-state index in [2.05, 4.69) is 5.32 Å². The van der Waals surface area contributed by atoms with E-state index < -0.39 is 5.97 Å². The van der Waals surface area contributed by atoms with Gasteiger partial charge in [0.2, 0.25) is 5.91 Å². The zero-order valence-electron chi connectivity index (χ0n) is 19.0. The van der Waals surface area contributed by atoms with Crippen LogP contribution in [0.5, 0.6) is 0 Å². The number of ether oxygens (including phenoxy) is 1. The fourth-order valence-corrected chi connectivity index (χ4v) is 4.14. The minimum atomic E-state index is -0.503. The number of carbonyl (C=O) groups is 3. The predicted octanol–water partition coefficient (Wildman–Crippen LogP) is 4.31. The highest BCUT2D eigenvalue weighted by atomic mass is 16.5. The van der Waals surface area contributed by atoms with Crippen LogP contribution in [0.1, 0.15) is 34.3 Å². The van der Waals surface area contributed by atoms with Crippen molar-refractivity contribution in [3.05, 3.63) is 102 Å². The number of anilines is 1. The highest BCUT2D eigenvalue weighted by Crippen LogP contribution is 2.20. The smallest absolute Gasteiger partial charge is 0.338 e. The Balaban J connectivity index is 1.26. The lowest BCUT2D eigenvalue weighted by Crippen LogP contribution is -2.43. The molecule has 1 N–H and O–H groups in total. The Labute approximate surface area is 199 Å². The van der Waals surface area contributed by atoms with Gasteiger partial charge in [-0.2, -0.15) is 0 Å². The number of carbonyl (C=O) groups excluding carboxylic acids is 3. The molecule has 34 heavy (non-hydrogen) atoms. The molecule has 3 aromatic rings. The number of hydrogen-bond acceptors (Lipinski definition) is 4. The summed E-state index contributed by atoms with van der Waals surface area (Å²) in [4.78, 5) is 39.5. The summed E-state index contributed by atoms with van der Waals surface area (Å²) < 4.78 is 5.37. The van der Waals surface area contributed by atoms with Crippen LogP contribution in [0.25, 0.3) is 0 Å². The number of nitrogens with zero attached hydrogens (tertiary/aromatic N) is 1. The van der Waals surface area contributed by atoms with Gasteiger partial charge in [-0.3, -0.25) is 9.59 Å². The van der Waals surface area contributed by atoms with Gasteiger partial charge in [0.25, 0.3) is 5.91 Å². The van der Waals surface area contributed by atoms with E-state index in [9.17, 15) is 14.4 Å². The summed E-state index contributed by atoms with van der Waals surface area (Å²) in [6, 6.07) is 26.5. The Hall–Kier alpha value is -3.93. The maximum Gasteiger partial charge on any atom is 0.338 e.